The van der Waals surface area contributed by atoms with Crippen LogP contribution in [0.3, 0.4) is 0 Å². The highest BCUT2D eigenvalue weighted by molar-refractivity contribution is 7.19. The zero-order chi connectivity index (χ0) is 11.8. The van der Waals surface area contributed by atoms with Crippen LogP contribution in [0.5, 0.6) is 0 Å². The Kier molecular flexibility index (Phi) is 2.83. The summed E-state index contributed by atoms with van der Waals surface area (Å²) < 4.78 is 1.44. The number of anilines is 1. The molecule has 2 aromatic rings. The molecule has 1 aromatic carbocycles. The third-order valence-electron chi connectivity index (χ3n) is 3.56. The average molecular weight is 245 g/mol. The van der Waals surface area contributed by atoms with Crippen LogP contribution in [-0.4, -0.2) is 13.1 Å². The quantitative estimate of drug-likeness (QED) is 0.746. The Labute approximate surface area is 107 Å². The van der Waals surface area contributed by atoms with E-state index in [0.29, 0.717) is 5.92 Å². The van der Waals surface area contributed by atoms with Gasteiger partial charge in [0.1, 0.15) is 0 Å². The molecule has 0 amide bonds. The van der Waals surface area contributed by atoms with Crippen LogP contribution in [0.2, 0.25) is 0 Å². The van der Waals surface area contributed by atoms with E-state index < -0.39 is 0 Å². The third-order valence-corrected chi connectivity index (χ3v) is 4.96. The number of hydrogen-bond donors (Lipinski definition) is 0. The molecule has 2 heterocycles. The molecule has 0 saturated carbocycles. The molecule has 0 aliphatic carbocycles. The fourth-order valence-corrected chi connectivity index (χ4v) is 3.60. The number of fused-ring (bicyclic) bond motifs is 1. The van der Waals surface area contributed by atoms with Gasteiger partial charge in [0.15, 0.2) is 0 Å². The molecule has 0 bridgehead atoms. The van der Waals surface area contributed by atoms with Crippen molar-refractivity contribution in [2.24, 2.45) is 0 Å². The Morgan fingerprint density at radius 1 is 1.12 bits per heavy atom. The maximum atomic E-state index is 2.51. The van der Waals surface area contributed by atoms with Crippen molar-refractivity contribution >= 4 is 27.1 Å². The minimum absolute atomic E-state index is 0.641. The van der Waals surface area contributed by atoms with Crippen molar-refractivity contribution in [3.8, 4) is 0 Å². The van der Waals surface area contributed by atoms with Gasteiger partial charge in [-0.1, -0.05) is 19.9 Å². The van der Waals surface area contributed by atoms with Gasteiger partial charge in [-0.3, -0.25) is 0 Å². The lowest BCUT2D eigenvalue weighted by molar-refractivity contribution is 0.890. The summed E-state index contributed by atoms with van der Waals surface area (Å²) in [5.41, 5.74) is 1.41. The van der Waals surface area contributed by atoms with Crippen LogP contribution in [0.1, 0.15) is 37.5 Å². The molecule has 0 radical (unpaired) electrons. The van der Waals surface area contributed by atoms with E-state index in [-0.39, 0.29) is 0 Å². The lowest BCUT2D eigenvalue weighted by Gasteiger charge is -2.17. The molecule has 0 unspecified atom stereocenters. The smallest absolute Gasteiger partial charge is 0.0380 e. The van der Waals surface area contributed by atoms with Gasteiger partial charge in [-0.25, -0.2) is 0 Å². The highest BCUT2D eigenvalue weighted by atomic mass is 32.1. The number of nitrogens with zero attached hydrogens (tertiary/aromatic N) is 1. The molecule has 1 saturated heterocycles. The van der Waals surface area contributed by atoms with Gasteiger partial charge in [0.25, 0.3) is 0 Å². The first kappa shape index (κ1) is 11.1. The van der Waals surface area contributed by atoms with Gasteiger partial charge in [0, 0.05) is 28.4 Å². The zero-order valence-corrected chi connectivity index (χ0v) is 11.4. The first-order valence-corrected chi connectivity index (χ1v) is 7.34. The van der Waals surface area contributed by atoms with Gasteiger partial charge >= 0.3 is 0 Å². The van der Waals surface area contributed by atoms with Crippen molar-refractivity contribution in [3.05, 3.63) is 29.1 Å². The van der Waals surface area contributed by atoms with Crippen molar-refractivity contribution in [3.63, 3.8) is 0 Å². The Morgan fingerprint density at radius 2 is 1.88 bits per heavy atom. The first-order chi connectivity index (χ1) is 8.24. The van der Waals surface area contributed by atoms with Gasteiger partial charge in [-0.2, -0.15) is 0 Å². The van der Waals surface area contributed by atoms with Crippen LogP contribution in [0.4, 0.5) is 5.69 Å². The van der Waals surface area contributed by atoms with E-state index in [1.807, 2.05) is 11.3 Å². The summed E-state index contributed by atoms with van der Waals surface area (Å²) in [6, 6.07) is 9.28. The third kappa shape index (κ3) is 2.06. The van der Waals surface area contributed by atoms with E-state index in [1.165, 1.54) is 46.6 Å². The zero-order valence-electron chi connectivity index (χ0n) is 10.6. The molecular weight excluding hydrogens is 226 g/mol. The molecule has 1 aliphatic rings. The second-order valence-corrected chi connectivity index (χ2v) is 6.34. The van der Waals surface area contributed by atoms with Gasteiger partial charge in [0.2, 0.25) is 0 Å². The van der Waals surface area contributed by atoms with E-state index in [1.54, 1.807) is 0 Å². The molecule has 1 aliphatic heterocycles. The van der Waals surface area contributed by atoms with Gasteiger partial charge in [0.05, 0.1) is 0 Å². The van der Waals surface area contributed by atoms with Gasteiger partial charge < -0.3 is 4.90 Å². The summed E-state index contributed by atoms with van der Waals surface area (Å²) in [5, 5.41) is 1.40. The molecule has 0 atom stereocenters. The second-order valence-electron chi connectivity index (χ2n) is 5.22. The summed E-state index contributed by atoms with van der Waals surface area (Å²) in [5.74, 6) is 0.641. The first-order valence-electron chi connectivity index (χ1n) is 6.52. The van der Waals surface area contributed by atoms with Crippen LogP contribution in [0.15, 0.2) is 24.3 Å². The molecule has 1 fully saturated rings. The highest BCUT2D eigenvalue weighted by Gasteiger charge is 2.13. The Morgan fingerprint density at radius 3 is 2.59 bits per heavy atom. The number of rotatable bonds is 2. The van der Waals surface area contributed by atoms with E-state index in [4.69, 9.17) is 0 Å². The molecule has 1 aromatic heterocycles. The Balaban J connectivity index is 2.00. The second kappa shape index (κ2) is 4.34. The highest BCUT2D eigenvalue weighted by Crippen LogP contribution is 2.33. The van der Waals surface area contributed by atoms with E-state index in [0.717, 1.165) is 0 Å². The largest absolute Gasteiger partial charge is 0.371 e. The Bertz CT molecular complexity index is 521. The van der Waals surface area contributed by atoms with Crippen LogP contribution in [0, 0.1) is 0 Å². The molecule has 0 N–H and O–H groups in total. The standard InChI is InChI=1S/C15H19NS/c1-11(2)14-9-12-5-6-13(10-15(12)17-14)16-7-3-4-8-16/h5-6,9-11H,3-4,7-8H2,1-2H3. The Hall–Kier alpha value is -1.02. The lowest BCUT2D eigenvalue weighted by Crippen LogP contribution is -2.17. The summed E-state index contributed by atoms with van der Waals surface area (Å²) in [7, 11) is 0. The average Bonchev–Trinajstić information content (AvgIpc) is 2.97. The fourth-order valence-electron chi connectivity index (χ4n) is 2.50. The summed E-state index contributed by atoms with van der Waals surface area (Å²) in [4.78, 5) is 4.01. The molecule has 3 rings (SSSR count). The molecule has 1 nitrogen and oxygen atoms in total. The fraction of sp³-hybridized carbons (Fsp3) is 0.467. The number of hydrogen-bond acceptors (Lipinski definition) is 2. The van der Waals surface area contributed by atoms with E-state index in [9.17, 15) is 0 Å². The SMILES string of the molecule is CC(C)c1cc2ccc(N3CCCC3)cc2s1. The van der Waals surface area contributed by atoms with E-state index in [2.05, 4.69) is 43.0 Å². The molecular formula is C15H19NS. The summed E-state index contributed by atoms with van der Waals surface area (Å²) in [6.07, 6.45) is 2.69. The summed E-state index contributed by atoms with van der Waals surface area (Å²) >= 11 is 1.95. The molecule has 17 heavy (non-hydrogen) atoms. The van der Waals surface area contributed by atoms with Crippen molar-refractivity contribution in [2.45, 2.75) is 32.6 Å². The van der Waals surface area contributed by atoms with E-state index >= 15 is 0 Å². The minimum atomic E-state index is 0.641. The minimum Gasteiger partial charge on any atom is -0.371 e. The van der Waals surface area contributed by atoms with Crippen LogP contribution < -0.4 is 4.90 Å². The molecule has 90 valence electrons. The molecule has 0 spiro atoms. The summed E-state index contributed by atoms with van der Waals surface area (Å²) in [6.45, 7) is 7.00. The lowest BCUT2D eigenvalue weighted by atomic mass is 10.1. The van der Waals surface area contributed by atoms with Crippen LogP contribution in [0.25, 0.3) is 10.1 Å². The van der Waals surface area contributed by atoms with Gasteiger partial charge in [-0.05, 0) is 42.3 Å². The van der Waals surface area contributed by atoms with Crippen molar-refractivity contribution in [1.29, 1.82) is 0 Å². The van der Waals surface area contributed by atoms with Crippen LogP contribution in [-0.2, 0) is 0 Å². The number of thiophene rings is 1. The van der Waals surface area contributed by atoms with Crippen molar-refractivity contribution in [1.82, 2.24) is 0 Å². The van der Waals surface area contributed by atoms with Crippen molar-refractivity contribution in [2.75, 3.05) is 18.0 Å². The predicted molar refractivity (Wildman–Crippen MR) is 77.4 cm³/mol. The van der Waals surface area contributed by atoms with Crippen LogP contribution >= 0.6 is 11.3 Å². The predicted octanol–water partition coefficient (Wildman–Crippen LogP) is 4.62. The van der Waals surface area contributed by atoms with Crippen molar-refractivity contribution < 1.29 is 0 Å². The maximum Gasteiger partial charge on any atom is 0.0380 e. The normalized spacial score (nSPS) is 16.3. The topological polar surface area (TPSA) is 3.24 Å². The molecule has 2 heteroatoms. The monoisotopic (exact) mass is 245 g/mol. The number of benzene rings is 1. The van der Waals surface area contributed by atoms with Gasteiger partial charge in [-0.15, -0.1) is 11.3 Å². The maximum absolute atomic E-state index is 2.51.